The first-order valence-corrected chi connectivity index (χ1v) is 6.05. The van der Waals surface area contributed by atoms with E-state index in [1.54, 1.807) is 18.2 Å². The lowest BCUT2D eigenvalue weighted by Crippen LogP contribution is -2.18. The SMILES string of the molecule is Fc1ccccc1CCNCc1c(F)cccc1F. The molecule has 0 fully saturated rings. The number of hydrogen-bond acceptors (Lipinski definition) is 1. The number of rotatable bonds is 5. The molecule has 0 saturated heterocycles. The molecule has 0 saturated carbocycles. The second-order valence-corrected chi connectivity index (χ2v) is 4.22. The average molecular weight is 265 g/mol. The number of benzene rings is 2. The van der Waals surface area contributed by atoms with E-state index in [1.807, 2.05) is 0 Å². The number of halogens is 3. The molecular formula is C15H14F3N. The Bertz CT molecular complexity index is 535. The van der Waals surface area contributed by atoms with E-state index in [4.69, 9.17) is 0 Å². The summed E-state index contributed by atoms with van der Waals surface area (Å²) in [4.78, 5) is 0. The summed E-state index contributed by atoms with van der Waals surface area (Å²) >= 11 is 0. The summed E-state index contributed by atoms with van der Waals surface area (Å²) in [5.74, 6) is -1.40. The maximum absolute atomic E-state index is 13.3. The van der Waals surface area contributed by atoms with E-state index in [1.165, 1.54) is 24.3 Å². The maximum atomic E-state index is 13.3. The summed E-state index contributed by atoms with van der Waals surface area (Å²) in [7, 11) is 0. The van der Waals surface area contributed by atoms with Crippen LogP contribution in [-0.2, 0) is 13.0 Å². The van der Waals surface area contributed by atoms with Crippen molar-refractivity contribution in [2.75, 3.05) is 6.54 Å². The Morgan fingerprint density at radius 2 is 1.42 bits per heavy atom. The zero-order valence-electron chi connectivity index (χ0n) is 10.3. The van der Waals surface area contributed by atoms with Crippen LogP contribution in [0.2, 0.25) is 0 Å². The van der Waals surface area contributed by atoms with E-state index >= 15 is 0 Å². The molecule has 2 aromatic rings. The highest BCUT2D eigenvalue weighted by molar-refractivity contribution is 5.20. The van der Waals surface area contributed by atoms with Gasteiger partial charge < -0.3 is 5.32 Å². The molecule has 0 amide bonds. The maximum Gasteiger partial charge on any atom is 0.130 e. The lowest BCUT2D eigenvalue weighted by atomic mass is 10.1. The van der Waals surface area contributed by atoms with Crippen LogP contribution in [0.1, 0.15) is 11.1 Å². The van der Waals surface area contributed by atoms with Crippen molar-refractivity contribution in [1.82, 2.24) is 5.32 Å². The Morgan fingerprint density at radius 1 is 0.789 bits per heavy atom. The minimum Gasteiger partial charge on any atom is -0.312 e. The van der Waals surface area contributed by atoms with Gasteiger partial charge >= 0.3 is 0 Å². The van der Waals surface area contributed by atoms with Crippen LogP contribution in [0.15, 0.2) is 42.5 Å². The van der Waals surface area contributed by atoms with Crippen LogP contribution >= 0.6 is 0 Å². The van der Waals surface area contributed by atoms with Gasteiger partial charge in [-0.25, -0.2) is 13.2 Å². The van der Waals surface area contributed by atoms with Crippen molar-refractivity contribution >= 4 is 0 Å². The van der Waals surface area contributed by atoms with Gasteiger partial charge in [0.1, 0.15) is 17.5 Å². The van der Waals surface area contributed by atoms with Crippen LogP contribution in [0.25, 0.3) is 0 Å². The summed E-state index contributed by atoms with van der Waals surface area (Å²) in [6.07, 6.45) is 0.475. The van der Waals surface area contributed by atoms with Crippen molar-refractivity contribution in [1.29, 1.82) is 0 Å². The molecule has 0 bridgehead atoms. The zero-order chi connectivity index (χ0) is 13.7. The summed E-state index contributed by atoms with van der Waals surface area (Å²) in [5, 5.41) is 2.91. The zero-order valence-corrected chi connectivity index (χ0v) is 10.3. The molecule has 0 atom stereocenters. The molecule has 0 aliphatic rings. The molecule has 0 spiro atoms. The molecular weight excluding hydrogens is 251 g/mol. The van der Waals surface area contributed by atoms with E-state index < -0.39 is 11.6 Å². The van der Waals surface area contributed by atoms with E-state index in [-0.39, 0.29) is 17.9 Å². The van der Waals surface area contributed by atoms with Gasteiger partial charge in [0.2, 0.25) is 0 Å². The number of nitrogens with one attached hydrogen (secondary N) is 1. The van der Waals surface area contributed by atoms with Crippen LogP contribution in [0.4, 0.5) is 13.2 Å². The van der Waals surface area contributed by atoms with Gasteiger partial charge in [0.15, 0.2) is 0 Å². The van der Waals surface area contributed by atoms with Crippen LogP contribution in [0.3, 0.4) is 0 Å². The fraction of sp³-hybridized carbons (Fsp3) is 0.200. The predicted molar refractivity (Wildman–Crippen MR) is 68.2 cm³/mol. The molecule has 0 unspecified atom stereocenters. The van der Waals surface area contributed by atoms with E-state index in [0.717, 1.165) is 0 Å². The highest BCUT2D eigenvalue weighted by Gasteiger charge is 2.07. The van der Waals surface area contributed by atoms with Gasteiger partial charge in [0.05, 0.1) is 0 Å². The molecule has 0 aliphatic heterocycles. The van der Waals surface area contributed by atoms with Crippen molar-refractivity contribution in [3.05, 3.63) is 71.0 Å². The molecule has 0 heterocycles. The third-order valence-corrected chi connectivity index (χ3v) is 2.89. The Morgan fingerprint density at radius 3 is 2.11 bits per heavy atom. The van der Waals surface area contributed by atoms with Crippen molar-refractivity contribution in [2.24, 2.45) is 0 Å². The molecule has 0 radical (unpaired) electrons. The van der Waals surface area contributed by atoms with Gasteiger partial charge in [0.25, 0.3) is 0 Å². The third-order valence-electron chi connectivity index (χ3n) is 2.89. The minimum atomic E-state index is -0.571. The lowest BCUT2D eigenvalue weighted by Gasteiger charge is -2.07. The molecule has 2 rings (SSSR count). The van der Waals surface area contributed by atoms with E-state index in [2.05, 4.69) is 5.32 Å². The topological polar surface area (TPSA) is 12.0 Å². The Kier molecular flexibility index (Phi) is 4.58. The van der Waals surface area contributed by atoms with Crippen molar-refractivity contribution in [3.63, 3.8) is 0 Å². The van der Waals surface area contributed by atoms with Crippen molar-refractivity contribution in [3.8, 4) is 0 Å². The Labute approximate surface area is 110 Å². The minimum absolute atomic E-state index is 0.0102. The van der Waals surface area contributed by atoms with Crippen LogP contribution < -0.4 is 5.32 Å². The molecule has 0 aromatic heterocycles. The van der Waals surface area contributed by atoms with Crippen LogP contribution in [-0.4, -0.2) is 6.54 Å². The molecule has 2 aromatic carbocycles. The molecule has 100 valence electrons. The summed E-state index contributed by atoms with van der Waals surface area (Å²) in [6, 6.07) is 10.2. The fourth-order valence-electron chi connectivity index (χ4n) is 1.84. The van der Waals surface area contributed by atoms with Crippen LogP contribution in [0, 0.1) is 17.5 Å². The molecule has 19 heavy (non-hydrogen) atoms. The fourth-order valence-corrected chi connectivity index (χ4v) is 1.84. The monoisotopic (exact) mass is 265 g/mol. The van der Waals surface area contributed by atoms with Gasteiger partial charge in [-0.1, -0.05) is 24.3 Å². The average Bonchev–Trinajstić information content (AvgIpc) is 2.39. The third kappa shape index (κ3) is 3.58. The molecule has 1 nitrogen and oxygen atoms in total. The quantitative estimate of drug-likeness (QED) is 0.817. The summed E-state index contributed by atoms with van der Waals surface area (Å²) < 4.78 is 40.0. The van der Waals surface area contributed by atoms with Crippen molar-refractivity contribution in [2.45, 2.75) is 13.0 Å². The standard InChI is InChI=1S/C15H14F3N/c16-13-5-2-1-4-11(13)8-9-19-10-12-14(17)6-3-7-15(12)18/h1-7,19H,8-10H2. The summed E-state index contributed by atoms with van der Waals surface area (Å²) in [6.45, 7) is 0.543. The smallest absolute Gasteiger partial charge is 0.130 e. The predicted octanol–water partition coefficient (Wildman–Crippen LogP) is 3.44. The normalized spacial score (nSPS) is 10.7. The first kappa shape index (κ1) is 13.6. The summed E-state index contributed by atoms with van der Waals surface area (Å²) in [5.41, 5.74) is 0.597. The first-order valence-electron chi connectivity index (χ1n) is 6.05. The second-order valence-electron chi connectivity index (χ2n) is 4.22. The first-order chi connectivity index (χ1) is 9.18. The highest BCUT2D eigenvalue weighted by atomic mass is 19.1. The lowest BCUT2D eigenvalue weighted by molar-refractivity contribution is 0.534. The molecule has 0 aliphatic carbocycles. The second kappa shape index (κ2) is 6.38. The highest BCUT2D eigenvalue weighted by Crippen LogP contribution is 2.11. The van der Waals surface area contributed by atoms with Crippen LogP contribution in [0.5, 0.6) is 0 Å². The van der Waals surface area contributed by atoms with E-state index in [0.29, 0.717) is 18.5 Å². The van der Waals surface area contributed by atoms with Gasteiger partial charge in [-0.2, -0.15) is 0 Å². The molecule has 4 heteroatoms. The largest absolute Gasteiger partial charge is 0.312 e. The Balaban J connectivity index is 1.86. The molecule has 1 N–H and O–H groups in total. The van der Waals surface area contributed by atoms with Gasteiger partial charge in [-0.3, -0.25) is 0 Å². The van der Waals surface area contributed by atoms with Crippen molar-refractivity contribution < 1.29 is 13.2 Å². The van der Waals surface area contributed by atoms with Gasteiger partial charge in [0, 0.05) is 12.1 Å². The number of hydrogen-bond donors (Lipinski definition) is 1. The Hall–Kier alpha value is -1.81. The van der Waals surface area contributed by atoms with Gasteiger partial charge in [-0.15, -0.1) is 0 Å². The van der Waals surface area contributed by atoms with Gasteiger partial charge in [-0.05, 0) is 36.7 Å². The van der Waals surface area contributed by atoms with E-state index in [9.17, 15) is 13.2 Å².